The first kappa shape index (κ1) is 99.9. The normalized spacial score (nSPS) is 16.7. The minimum absolute atomic E-state index is 0.00346. The van der Waals surface area contributed by atoms with Crippen LogP contribution < -0.4 is 42.7 Å². The molecule has 0 spiro atoms. The van der Waals surface area contributed by atoms with Crippen molar-refractivity contribution in [1.29, 1.82) is 0 Å². The standard InChI is InChI=1S/C29H33FN4O5.C29H34N4O5.C24H23N3O3.C23H21F2N3O4/c1-5-33-15-22(24(19-9-6-8-18(4)12-19)20-10-7-11-21(30)13-20)34-26(28(33)36)27(23(35)14-32-34)38-16-39-29(37)25(31)17(2)3;1-18(2)25(30)29(36)38-17-37-27-23(34)15-31-33-22(16-32(19(3)4)28(35)26(27)33)24(20-11-7-5-8-12-20)21-13-9-6-10-14-21;28-20-13-25-27-19(15-26(14-16-11-12-16)24(30)22(27)23(20)29)21(17-7-3-1-4-8-17)18-9-5-2-6-10-18;1-32-9-8-27-13-18(28-21(23(27)31)22(30)19(29)12-26-28)20(14-4-2-6-16(24)10-14)15-5-3-7-17(25)11-15/h6-14,17,22,24-25H,5,15-16,31H2,1-4H3;5-15,18-19,22,24-25H,16-17,30H2,1-4H3;1-10,13,16,19,21,29H,11-12,14-15H2;2-7,10-12,18,20,30H,8-9,13H2,1H3. The summed E-state index contributed by atoms with van der Waals surface area (Å²) < 4.78 is 75.2. The van der Waals surface area contributed by atoms with Gasteiger partial charge in [0.15, 0.2) is 34.3 Å². The fourth-order valence-corrected chi connectivity index (χ4v) is 18.0. The summed E-state index contributed by atoms with van der Waals surface area (Å²) in [5.41, 5.74) is 16.7. The second kappa shape index (κ2) is 44.8. The third-order valence-corrected chi connectivity index (χ3v) is 25.4. The number of methoxy groups -OCH3 is 1. The van der Waals surface area contributed by atoms with Gasteiger partial charge in [-0.05, 0) is 139 Å². The fraction of sp³-hybridized carbons (Fsp3) is 0.333. The molecule has 0 bridgehead atoms. The highest BCUT2D eigenvalue weighted by molar-refractivity contribution is 5.98. The number of carbonyl (C=O) groups excluding carboxylic acids is 6. The number of esters is 2. The zero-order valence-electron chi connectivity index (χ0n) is 78.3. The number of ether oxygens (including phenoxy) is 5. The summed E-state index contributed by atoms with van der Waals surface area (Å²) in [6.07, 6.45) is 6.46. The minimum Gasteiger partial charge on any atom is -0.502 e. The number of likely N-dealkylation sites (N-methyl/N-ethyl adjacent to an activating group) is 1. The molecule has 8 heterocycles. The Bertz CT molecular complexity index is 6500. The summed E-state index contributed by atoms with van der Waals surface area (Å²) in [7, 11) is 1.49. The van der Waals surface area contributed by atoms with Gasteiger partial charge in [0, 0.05) is 82.6 Å². The van der Waals surface area contributed by atoms with Crippen LogP contribution in [-0.2, 0) is 23.8 Å². The van der Waals surface area contributed by atoms with Gasteiger partial charge in [-0.15, -0.1) is 0 Å². The van der Waals surface area contributed by atoms with Crippen LogP contribution in [0, 0.1) is 42.1 Å². The second-order valence-electron chi connectivity index (χ2n) is 35.7. The number of halogens is 3. The number of amides is 4. The van der Waals surface area contributed by atoms with Gasteiger partial charge >= 0.3 is 11.9 Å². The lowest BCUT2D eigenvalue weighted by Crippen LogP contribution is -2.50. The Kier molecular flexibility index (Phi) is 32.2. The first-order valence-electron chi connectivity index (χ1n) is 46.0. The van der Waals surface area contributed by atoms with Crippen LogP contribution >= 0.6 is 0 Å². The number of nitrogens with zero attached hydrogens (tertiary/aromatic N) is 12. The van der Waals surface area contributed by atoms with Gasteiger partial charge in [-0.1, -0.05) is 215 Å². The van der Waals surface area contributed by atoms with E-state index in [1.54, 1.807) is 82.1 Å². The number of carbonyl (C=O) groups is 6. The van der Waals surface area contributed by atoms with Gasteiger partial charge in [0.25, 0.3) is 23.6 Å². The van der Waals surface area contributed by atoms with Gasteiger partial charge in [-0.2, -0.15) is 20.4 Å². The predicted molar refractivity (Wildman–Crippen MR) is 510 cm³/mol. The number of fused-ring (bicyclic) bond motifs is 4. The molecular weight excluding hydrogens is 1790 g/mol. The molecule has 4 amide bonds. The smallest absolute Gasteiger partial charge is 0.326 e. The van der Waals surface area contributed by atoms with E-state index < -0.39 is 118 Å². The number of rotatable bonds is 29. The maximum absolute atomic E-state index is 14.4. The molecule has 0 radical (unpaired) electrons. The van der Waals surface area contributed by atoms with Crippen molar-refractivity contribution in [3.63, 3.8) is 0 Å². The minimum atomic E-state index is -0.857. The summed E-state index contributed by atoms with van der Waals surface area (Å²) in [5.74, 6) is -7.15. The first-order valence-corrected chi connectivity index (χ1v) is 46.0. The van der Waals surface area contributed by atoms with E-state index in [1.807, 2.05) is 155 Å². The molecule has 7 atom stereocenters. The number of nitrogens with two attached hydrogens (primary N) is 2. The lowest BCUT2D eigenvalue weighted by Gasteiger charge is -2.41. The molecule has 6 N–H and O–H groups in total. The molecule has 1 fully saturated rings. The quantitative estimate of drug-likeness (QED) is 0.0250. The van der Waals surface area contributed by atoms with Crippen LogP contribution in [0.5, 0.6) is 23.0 Å². The van der Waals surface area contributed by atoms with Crippen LogP contribution in [0.3, 0.4) is 0 Å². The molecule has 139 heavy (non-hydrogen) atoms. The molecular formula is C105H111F3N14O17. The molecule has 31 nitrogen and oxygen atoms in total. The van der Waals surface area contributed by atoms with Crippen LogP contribution in [0.4, 0.5) is 13.2 Å². The molecule has 1 aliphatic carbocycles. The number of hydrogen-bond donors (Lipinski definition) is 4. The summed E-state index contributed by atoms with van der Waals surface area (Å²) >= 11 is 0. The first-order chi connectivity index (χ1) is 66.8. The highest BCUT2D eigenvalue weighted by atomic mass is 19.1. The number of hydrogen-bond acceptors (Lipinski definition) is 23. The Morgan fingerprint density at radius 1 is 0.410 bits per heavy atom. The zero-order chi connectivity index (χ0) is 99.2. The van der Waals surface area contributed by atoms with Crippen LogP contribution in [0.15, 0.2) is 262 Å². The lowest BCUT2D eigenvalue weighted by molar-refractivity contribution is -0.153. The van der Waals surface area contributed by atoms with Gasteiger partial charge < -0.3 is 65.0 Å². The van der Waals surface area contributed by atoms with Gasteiger partial charge in [0.05, 0.1) is 55.6 Å². The van der Waals surface area contributed by atoms with Crippen molar-refractivity contribution in [3.8, 4) is 23.0 Å². The molecule has 7 unspecified atom stereocenters. The SMILES string of the molecule is CC(C)C(N)C(=O)OCOc1c2n(ncc1=O)C(C(c1ccccc1)c1ccccc1)CN(C(C)C)C2=O.CCN1CC(C(c2cccc(C)c2)c2cccc(F)c2)n2ncc(=O)c(OCOC(=O)C(N)C(C)C)c2C1=O.COCCN1CC(C(c2cccc(F)c2)c2cccc(F)c2)n2ncc(=O)c(O)c2C1=O.O=C1c2c(O)c(=O)cnn2C(C(c2ccccc2)c2ccccc2)CN1CC1CC1. The van der Waals surface area contributed by atoms with Crippen molar-refractivity contribution in [2.75, 3.05) is 73.1 Å². The Balaban J connectivity index is 0.000000148. The summed E-state index contributed by atoms with van der Waals surface area (Å²) in [5, 5.41) is 38.1. The number of aryl methyl sites for hydroxylation is 1. The van der Waals surface area contributed by atoms with Crippen LogP contribution in [0.2, 0.25) is 0 Å². The maximum atomic E-state index is 14.4. The molecule has 17 rings (SSSR count). The topological polar surface area (TPSA) is 394 Å². The van der Waals surface area contributed by atoms with E-state index in [2.05, 4.69) is 44.7 Å². The molecule has 12 aromatic rings. The highest BCUT2D eigenvalue weighted by Crippen LogP contribution is 2.46. The Labute approximate surface area is 799 Å². The third kappa shape index (κ3) is 22.6. The second-order valence-corrected chi connectivity index (χ2v) is 35.7. The van der Waals surface area contributed by atoms with Crippen molar-refractivity contribution >= 4 is 35.6 Å². The molecule has 0 saturated heterocycles. The largest absolute Gasteiger partial charge is 0.502 e. The highest BCUT2D eigenvalue weighted by Gasteiger charge is 2.46. The molecule has 4 aliphatic heterocycles. The average Bonchev–Trinajstić information content (AvgIpc) is 1.51. The van der Waals surface area contributed by atoms with Crippen molar-refractivity contribution in [1.82, 2.24) is 58.7 Å². The van der Waals surface area contributed by atoms with Crippen molar-refractivity contribution < 1.29 is 75.8 Å². The van der Waals surface area contributed by atoms with Gasteiger partial charge in [-0.25, -0.2) is 13.2 Å². The van der Waals surface area contributed by atoms with Gasteiger partial charge in [0.1, 0.15) is 29.5 Å². The van der Waals surface area contributed by atoms with Crippen LogP contribution in [0.1, 0.15) is 201 Å². The van der Waals surface area contributed by atoms with Crippen molar-refractivity contribution in [2.24, 2.45) is 29.2 Å². The fourth-order valence-electron chi connectivity index (χ4n) is 18.0. The van der Waals surface area contributed by atoms with Gasteiger partial charge in [-0.3, -0.25) is 66.7 Å². The zero-order valence-corrected chi connectivity index (χ0v) is 78.3. The number of aromatic nitrogens is 8. The van der Waals surface area contributed by atoms with E-state index in [9.17, 15) is 71.3 Å². The Hall–Kier alpha value is -15.0. The maximum Gasteiger partial charge on any atom is 0.326 e. The van der Waals surface area contributed by atoms with E-state index in [4.69, 9.17) is 35.2 Å². The van der Waals surface area contributed by atoms with Crippen molar-refractivity contribution in [3.05, 3.63) is 374 Å². The lowest BCUT2D eigenvalue weighted by atomic mass is 9.83. The molecule has 34 heteroatoms. The number of aromatic hydroxyl groups is 2. The Morgan fingerprint density at radius 2 is 0.734 bits per heavy atom. The molecule has 1 saturated carbocycles. The molecule has 8 aromatic carbocycles. The summed E-state index contributed by atoms with van der Waals surface area (Å²) in [6.45, 7) is 16.4. The van der Waals surface area contributed by atoms with Crippen LogP contribution in [0.25, 0.3) is 0 Å². The van der Waals surface area contributed by atoms with E-state index >= 15 is 0 Å². The monoisotopic (exact) mass is 1900 g/mol. The van der Waals surface area contributed by atoms with E-state index in [-0.39, 0.29) is 120 Å². The molecule has 5 aliphatic rings. The summed E-state index contributed by atoms with van der Waals surface area (Å²) in [4.78, 5) is 134. The molecule has 724 valence electrons. The van der Waals surface area contributed by atoms with Crippen LogP contribution in [-0.4, -0.2) is 196 Å². The van der Waals surface area contributed by atoms with E-state index in [1.165, 1.54) is 57.8 Å². The summed E-state index contributed by atoms with van der Waals surface area (Å²) in [6, 6.07) is 62.6. The van der Waals surface area contributed by atoms with Crippen molar-refractivity contribution in [2.45, 2.75) is 134 Å². The third-order valence-electron chi connectivity index (χ3n) is 25.4. The predicted octanol–water partition coefficient (Wildman–Crippen LogP) is 12.6. The van der Waals surface area contributed by atoms with E-state index in [0.29, 0.717) is 48.8 Å². The van der Waals surface area contributed by atoms with E-state index in [0.717, 1.165) is 71.0 Å². The molecule has 4 aromatic heterocycles. The van der Waals surface area contributed by atoms with Gasteiger partial charge in [0.2, 0.25) is 46.8 Å². The number of benzene rings is 8. The Morgan fingerprint density at radius 3 is 1.09 bits per heavy atom. The average molecular weight is 1900 g/mol.